The second kappa shape index (κ2) is 5.98. The van der Waals surface area contributed by atoms with Crippen molar-refractivity contribution in [3.05, 3.63) is 52.1 Å². The van der Waals surface area contributed by atoms with Gasteiger partial charge in [-0.25, -0.2) is 4.98 Å². The summed E-state index contributed by atoms with van der Waals surface area (Å²) >= 11 is 3.47. The van der Waals surface area contributed by atoms with Crippen LogP contribution in [-0.2, 0) is 6.42 Å². The molecule has 18 heavy (non-hydrogen) atoms. The zero-order valence-corrected chi connectivity index (χ0v) is 11.8. The molecule has 1 aromatic carbocycles. The number of pyridine rings is 1. The van der Waals surface area contributed by atoms with Gasteiger partial charge in [0.1, 0.15) is 5.75 Å². The van der Waals surface area contributed by atoms with Crippen LogP contribution in [0.5, 0.6) is 11.6 Å². The fraction of sp³-hybridized carbons (Fsp3) is 0.214. The van der Waals surface area contributed by atoms with E-state index in [1.807, 2.05) is 37.3 Å². The SMILES string of the molecule is Cc1ccc(Oc2ccc(CCN)cn2)c(Br)c1. The lowest BCUT2D eigenvalue weighted by molar-refractivity contribution is 0.459. The van der Waals surface area contributed by atoms with Gasteiger partial charge in [-0.15, -0.1) is 0 Å². The van der Waals surface area contributed by atoms with Crippen LogP contribution in [0.4, 0.5) is 0 Å². The lowest BCUT2D eigenvalue weighted by atomic mass is 10.2. The Labute approximate surface area is 115 Å². The monoisotopic (exact) mass is 306 g/mol. The van der Waals surface area contributed by atoms with Gasteiger partial charge >= 0.3 is 0 Å². The number of nitrogens with zero attached hydrogens (tertiary/aromatic N) is 1. The first-order valence-electron chi connectivity index (χ1n) is 5.78. The Morgan fingerprint density at radius 3 is 2.72 bits per heavy atom. The second-order valence-electron chi connectivity index (χ2n) is 4.08. The van der Waals surface area contributed by atoms with Crippen molar-refractivity contribution in [1.29, 1.82) is 0 Å². The first-order chi connectivity index (χ1) is 8.69. The smallest absolute Gasteiger partial charge is 0.219 e. The van der Waals surface area contributed by atoms with Crippen LogP contribution in [0.2, 0.25) is 0 Å². The maximum atomic E-state index is 5.71. The topological polar surface area (TPSA) is 48.1 Å². The number of ether oxygens (including phenoxy) is 1. The van der Waals surface area contributed by atoms with Gasteiger partial charge < -0.3 is 10.5 Å². The number of rotatable bonds is 4. The first-order valence-corrected chi connectivity index (χ1v) is 6.57. The van der Waals surface area contributed by atoms with Crippen molar-refractivity contribution in [2.45, 2.75) is 13.3 Å². The van der Waals surface area contributed by atoms with Crippen LogP contribution in [0.1, 0.15) is 11.1 Å². The molecule has 0 fully saturated rings. The highest BCUT2D eigenvalue weighted by atomic mass is 79.9. The van der Waals surface area contributed by atoms with E-state index < -0.39 is 0 Å². The van der Waals surface area contributed by atoms with E-state index >= 15 is 0 Å². The summed E-state index contributed by atoms with van der Waals surface area (Å²) < 4.78 is 6.63. The molecule has 4 heteroatoms. The summed E-state index contributed by atoms with van der Waals surface area (Å²) in [6.45, 7) is 2.67. The Morgan fingerprint density at radius 2 is 2.11 bits per heavy atom. The van der Waals surface area contributed by atoms with E-state index in [0.29, 0.717) is 12.4 Å². The van der Waals surface area contributed by atoms with Crippen molar-refractivity contribution >= 4 is 15.9 Å². The molecule has 0 spiro atoms. The molecular weight excluding hydrogens is 292 g/mol. The molecular formula is C14H15BrN2O. The molecule has 2 N–H and O–H groups in total. The summed E-state index contributed by atoms with van der Waals surface area (Å²) in [7, 11) is 0. The quantitative estimate of drug-likeness (QED) is 0.941. The lowest BCUT2D eigenvalue weighted by Gasteiger charge is -2.08. The summed E-state index contributed by atoms with van der Waals surface area (Å²) in [6.07, 6.45) is 2.63. The Kier molecular flexibility index (Phi) is 4.33. The standard InChI is InChI=1S/C14H15BrN2O/c1-10-2-4-13(12(15)8-10)18-14-5-3-11(6-7-16)9-17-14/h2-5,8-9H,6-7,16H2,1H3. The van der Waals surface area contributed by atoms with Gasteiger partial charge in [0.2, 0.25) is 5.88 Å². The molecule has 2 rings (SSSR count). The van der Waals surface area contributed by atoms with Crippen molar-refractivity contribution in [2.75, 3.05) is 6.54 Å². The van der Waals surface area contributed by atoms with Gasteiger partial charge in [-0.3, -0.25) is 0 Å². The zero-order valence-electron chi connectivity index (χ0n) is 10.2. The predicted octanol–water partition coefficient (Wildman–Crippen LogP) is 3.45. The molecule has 0 radical (unpaired) electrons. The largest absolute Gasteiger partial charge is 0.438 e. The molecule has 0 aliphatic heterocycles. The van der Waals surface area contributed by atoms with Gasteiger partial charge in [0, 0.05) is 12.3 Å². The molecule has 94 valence electrons. The molecule has 0 saturated carbocycles. The van der Waals surface area contributed by atoms with Gasteiger partial charge in [-0.05, 0) is 59.1 Å². The molecule has 0 unspecified atom stereocenters. The first kappa shape index (κ1) is 13.1. The van der Waals surface area contributed by atoms with Crippen molar-refractivity contribution in [3.8, 4) is 11.6 Å². The summed E-state index contributed by atoms with van der Waals surface area (Å²) in [5.74, 6) is 1.35. The highest BCUT2D eigenvalue weighted by Gasteiger charge is 2.03. The average Bonchev–Trinajstić information content (AvgIpc) is 2.35. The highest BCUT2D eigenvalue weighted by molar-refractivity contribution is 9.10. The van der Waals surface area contributed by atoms with E-state index in [-0.39, 0.29) is 0 Å². The molecule has 0 aliphatic carbocycles. The van der Waals surface area contributed by atoms with E-state index in [4.69, 9.17) is 10.5 Å². The highest BCUT2D eigenvalue weighted by Crippen LogP contribution is 2.29. The third kappa shape index (κ3) is 3.31. The Morgan fingerprint density at radius 1 is 1.28 bits per heavy atom. The van der Waals surface area contributed by atoms with E-state index in [2.05, 4.69) is 20.9 Å². The minimum atomic E-state index is 0.584. The summed E-state index contributed by atoms with van der Waals surface area (Å²) in [5, 5.41) is 0. The Balaban J connectivity index is 2.13. The van der Waals surface area contributed by atoms with Gasteiger partial charge in [0.15, 0.2) is 0 Å². The summed E-state index contributed by atoms with van der Waals surface area (Å²) in [6, 6.07) is 9.78. The van der Waals surface area contributed by atoms with Crippen molar-refractivity contribution in [2.24, 2.45) is 5.73 Å². The van der Waals surface area contributed by atoms with E-state index in [9.17, 15) is 0 Å². The fourth-order valence-electron chi connectivity index (χ4n) is 1.59. The second-order valence-corrected chi connectivity index (χ2v) is 4.93. The van der Waals surface area contributed by atoms with Crippen LogP contribution in [0.3, 0.4) is 0 Å². The normalized spacial score (nSPS) is 10.4. The van der Waals surface area contributed by atoms with E-state index in [0.717, 1.165) is 22.2 Å². The molecule has 2 aromatic rings. The predicted molar refractivity (Wildman–Crippen MR) is 75.9 cm³/mol. The molecule has 0 aliphatic rings. The van der Waals surface area contributed by atoms with Crippen LogP contribution >= 0.6 is 15.9 Å². The molecule has 0 amide bonds. The van der Waals surface area contributed by atoms with Crippen molar-refractivity contribution in [3.63, 3.8) is 0 Å². The Hall–Kier alpha value is -1.39. The van der Waals surface area contributed by atoms with Gasteiger partial charge in [0.25, 0.3) is 0 Å². The van der Waals surface area contributed by atoms with Crippen molar-refractivity contribution in [1.82, 2.24) is 4.98 Å². The third-order valence-electron chi connectivity index (χ3n) is 2.53. The van der Waals surface area contributed by atoms with Crippen LogP contribution < -0.4 is 10.5 Å². The lowest BCUT2D eigenvalue weighted by Crippen LogP contribution is -2.02. The number of benzene rings is 1. The zero-order chi connectivity index (χ0) is 13.0. The maximum absolute atomic E-state index is 5.71. The summed E-state index contributed by atoms with van der Waals surface area (Å²) in [4.78, 5) is 4.26. The maximum Gasteiger partial charge on any atom is 0.219 e. The molecule has 0 saturated heterocycles. The third-order valence-corrected chi connectivity index (χ3v) is 3.15. The van der Waals surface area contributed by atoms with Crippen LogP contribution in [-0.4, -0.2) is 11.5 Å². The summed E-state index contributed by atoms with van der Waals surface area (Å²) in [5.41, 5.74) is 7.79. The van der Waals surface area contributed by atoms with Crippen molar-refractivity contribution < 1.29 is 4.74 Å². The van der Waals surface area contributed by atoms with Crippen LogP contribution in [0, 0.1) is 6.92 Å². The molecule has 1 heterocycles. The Bertz CT molecular complexity index is 526. The number of halogens is 1. The molecule has 0 bridgehead atoms. The number of nitrogens with two attached hydrogens (primary N) is 1. The average molecular weight is 307 g/mol. The van der Waals surface area contributed by atoms with Gasteiger partial charge in [-0.2, -0.15) is 0 Å². The molecule has 3 nitrogen and oxygen atoms in total. The fourth-order valence-corrected chi connectivity index (χ4v) is 2.16. The number of hydrogen-bond acceptors (Lipinski definition) is 3. The van der Waals surface area contributed by atoms with Crippen LogP contribution in [0.15, 0.2) is 41.0 Å². The number of hydrogen-bond donors (Lipinski definition) is 1. The minimum absolute atomic E-state index is 0.584. The number of aromatic nitrogens is 1. The van der Waals surface area contributed by atoms with Gasteiger partial charge in [-0.1, -0.05) is 12.1 Å². The molecule has 1 aromatic heterocycles. The minimum Gasteiger partial charge on any atom is -0.438 e. The van der Waals surface area contributed by atoms with E-state index in [1.165, 1.54) is 5.56 Å². The molecule has 0 atom stereocenters. The van der Waals surface area contributed by atoms with Crippen LogP contribution in [0.25, 0.3) is 0 Å². The number of aryl methyl sites for hydroxylation is 1. The van der Waals surface area contributed by atoms with E-state index in [1.54, 1.807) is 6.20 Å². The van der Waals surface area contributed by atoms with Gasteiger partial charge in [0.05, 0.1) is 4.47 Å².